The molecule has 0 unspecified atom stereocenters. The Bertz CT molecular complexity index is 40.6. The number of halogens is 1. The van der Waals surface area contributed by atoms with Crippen LogP contribution in [0.25, 0.3) is 0 Å². The maximum absolute atomic E-state index is 1.54. The van der Waals surface area contributed by atoms with Crippen molar-refractivity contribution in [1.82, 2.24) is 0 Å². The van der Waals surface area contributed by atoms with Crippen molar-refractivity contribution in [2.75, 3.05) is 0 Å². The van der Waals surface area contributed by atoms with Gasteiger partial charge in [0.25, 0.3) is 0 Å². The van der Waals surface area contributed by atoms with Crippen LogP contribution in [-0.2, 0) is 18.3 Å². The van der Waals surface area contributed by atoms with Crippen molar-refractivity contribution in [3.05, 3.63) is 0 Å². The molecule has 7 heavy (non-hydrogen) atoms. The Labute approximate surface area is 61.1 Å². The van der Waals surface area contributed by atoms with Crippen LogP contribution in [0.15, 0.2) is 0 Å². The molecular weight excluding hydrogens is 161 g/mol. The molecule has 1 fully saturated rings. The van der Waals surface area contributed by atoms with E-state index in [4.69, 9.17) is 0 Å². The Kier molecular flexibility index (Phi) is 4.36. The molecule has 0 radical (unpaired) electrons. The van der Waals surface area contributed by atoms with Gasteiger partial charge in [0.05, 0.1) is 0 Å². The van der Waals surface area contributed by atoms with Crippen molar-refractivity contribution in [2.45, 2.75) is 24.3 Å². The second-order valence-corrected chi connectivity index (χ2v) is 3.30. The summed E-state index contributed by atoms with van der Waals surface area (Å²) in [5.41, 5.74) is 0. The summed E-state index contributed by atoms with van der Waals surface area (Å²) in [5, 5.41) is 1.54. The summed E-state index contributed by atoms with van der Waals surface area (Å²) >= 11 is 1.52. The number of rotatable bonds is 1. The van der Waals surface area contributed by atoms with Crippen LogP contribution in [0.3, 0.4) is 0 Å². The van der Waals surface area contributed by atoms with E-state index in [9.17, 15) is 0 Å². The molecule has 0 aliphatic heterocycles. The fourth-order valence-corrected chi connectivity index (χ4v) is 1.99. The molecule has 1 aliphatic carbocycles. The molecule has 0 atom stereocenters. The van der Waals surface area contributed by atoms with E-state index in [1.807, 2.05) is 0 Å². The summed E-state index contributed by atoms with van der Waals surface area (Å²) in [6.45, 7) is 0. The first kappa shape index (κ1) is 7.91. The Morgan fingerprint density at radius 3 is 2.00 bits per heavy atom. The molecule has 38 valence electrons. The van der Waals surface area contributed by atoms with Crippen molar-refractivity contribution in [2.24, 2.45) is 5.92 Å². The fourth-order valence-electron chi connectivity index (χ4n) is 0.781. The van der Waals surface area contributed by atoms with Crippen LogP contribution >= 0.6 is 0 Å². The van der Waals surface area contributed by atoms with E-state index in [0.717, 1.165) is 0 Å². The van der Waals surface area contributed by atoms with Crippen molar-refractivity contribution in [3.8, 4) is 0 Å². The molecule has 0 aromatic carbocycles. The van der Waals surface area contributed by atoms with E-state index in [1.54, 1.807) is 17.9 Å². The van der Waals surface area contributed by atoms with Crippen LogP contribution in [-0.4, -0.2) is 0 Å². The van der Waals surface area contributed by atoms with E-state index < -0.39 is 0 Å². The van der Waals surface area contributed by atoms with Crippen molar-refractivity contribution >= 4 is 0 Å². The Morgan fingerprint density at radius 2 is 2.00 bits per heavy atom. The van der Waals surface area contributed by atoms with Crippen LogP contribution in [0.5, 0.6) is 0 Å². The van der Waals surface area contributed by atoms with Gasteiger partial charge < -0.3 is 12.4 Å². The second-order valence-electron chi connectivity index (χ2n) is 2.09. The minimum absolute atomic E-state index is 0. The summed E-state index contributed by atoms with van der Waals surface area (Å²) in [5.74, 6) is 1.17. The van der Waals surface area contributed by atoms with E-state index in [2.05, 4.69) is 0 Å². The van der Waals surface area contributed by atoms with Gasteiger partial charge >= 0.3 is 48.5 Å². The molecule has 0 saturated heterocycles. The first-order chi connectivity index (χ1) is 2.93. The molecule has 0 spiro atoms. The molecule has 1 saturated carbocycles. The molecule has 0 aromatic rings. The monoisotopic (exact) mass is 168 g/mol. The second kappa shape index (κ2) is 3.86. The zero-order valence-corrected chi connectivity index (χ0v) is 8.21. The zero-order chi connectivity index (χ0) is 4.41. The van der Waals surface area contributed by atoms with Crippen LogP contribution in [0.1, 0.15) is 19.3 Å². The van der Waals surface area contributed by atoms with Gasteiger partial charge in [-0.2, -0.15) is 0 Å². The van der Waals surface area contributed by atoms with E-state index in [-0.39, 0.29) is 12.4 Å². The van der Waals surface area contributed by atoms with Gasteiger partial charge in [0.2, 0.25) is 0 Å². The molecular formula is C5H9ClZn. The van der Waals surface area contributed by atoms with Gasteiger partial charge in [0.15, 0.2) is 0 Å². The van der Waals surface area contributed by atoms with Crippen molar-refractivity contribution in [1.29, 1.82) is 0 Å². The minimum atomic E-state index is 0. The molecule has 1 aliphatic rings. The summed E-state index contributed by atoms with van der Waals surface area (Å²) in [6, 6.07) is 0. The number of hydrogen-bond donors (Lipinski definition) is 0. The molecule has 0 heterocycles. The van der Waals surface area contributed by atoms with Gasteiger partial charge in [-0.25, -0.2) is 0 Å². The van der Waals surface area contributed by atoms with Gasteiger partial charge in [0, 0.05) is 0 Å². The van der Waals surface area contributed by atoms with Gasteiger partial charge in [-0.3, -0.25) is 0 Å². The Hall–Kier alpha value is 0.913. The SMILES string of the molecule is [Cl-].[Zn+][CH2]C1CCC1. The number of hydrogen-bond acceptors (Lipinski definition) is 0. The first-order valence-corrected chi connectivity index (χ1v) is 4.82. The third-order valence-electron chi connectivity index (χ3n) is 1.63. The standard InChI is InChI=1S/C5H9.ClH.Zn/c1-5-3-2-4-5;;/h5H,1-4H2;1H;/q;;+1/p-1. The van der Waals surface area contributed by atoms with Gasteiger partial charge in [-0.15, -0.1) is 0 Å². The summed E-state index contributed by atoms with van der Waals surface area (Å²) in [6.07, 6.45) is 4.60. The fraction of sp³-hybridized carbons (Fsp3) is 1.00. The van der Waals surface area contributed by atoms with E-state index in [1.165, 1.54) is 30.6 Å². The van der Waals surface area contributed by atoms with Crippen molar-refractivity contribution < 1.29 is 30.7 Å². The Balaban J connectivity index is 0.000000360. The topological polar surface area (TPSA) is 0 Å². The van der Waals surface area contributed by atoms with Crippen molar-refractivity contribution in [3.63, 3.8) is 0 Å². The first-order valence-electron chi connectivity index (χ1n) is 2.72. The van der Waals surface area contributed by atoms with Crippen LogP contribution < -0.4 is 12.4 Å². The van der Waals surface area contributed by atoms with Gasteiger partial charge in [0.1, 0.15) is 0 Å². The molecule has 0 bridgehead atoms. The molecule has 0 aromatic heterocycles. The van der Waals surface area contributed by atoms with Gasteiger partial charge in [-0.1, -0.05) is 0 Å². The van der Waals surface area contributed by atoms with Crippen LogP contribution in [0.4, 0.5) is 0 Å². The Morgan fingerprint density at radius 1 is 1.43 bits per heavy atom. The summed E-state index contributed by atoms with van der Waals surface area (Å²) in [7, 11) is 0. The maximum atomic E-state index is 1.54. The third-order valence-corrected chi connectivity index (χ3v) is 3.35. The van der Waals surface area contributed by atoms with Crippen LogP contribution in [0, 0.1) is 5.92 Å². The molecule has 0 N–H and O–H groups in total. The summed E-state index contributed by atoms with van der Waals surface area (Å²) in [4.78, 5) is 0. The molecule has 0 amide bonds. The molecule has 0 nitrogen and oxygen atoms in total. The normalized spacial score (nSPS) is 20.3. The summed E-state index contributed by atoms with van der Waals surface area (Å²) < 4.78 is 0. The third kappa shape index (κ3) is 2.10. The zero-order valence-electron chi connectivity index (χ0n) is 4.49. The predicted octanol–water partition coefficient (Wildman–Crippen LogP) is -1.24. The average Bonchev–Trinajstić information content (AvgIpc) is 1.31. The van der Waals surface area contributed by atoms with Gasteiger partial charge in [-0.05, 0) is 0 Å². The van der Waals surface area contributed by atoms with E-state index in [0.29, 0.717) is 0 Å². The quantitative estimate of drug-likeness (QED) is 0.431. The average molecular weight is 170 g/mol. The molecule has 2 heteroatoms. The molecule has 1 rings (SSSR count). The van der Waals surface area contributed by atoms with E-state index >= 15 is 0 Å². The predicted molar refractivity (Wildman–Crippen MR) is 22.1 cm³/mol. The van der Waals surface area contributed by atoms with Crippen LogP contribution in [0.2, 0.25) is 5.02 Å².